The van der Waals surface area contributed by atoms with E-state index in [0.29, 0.717) is 0 Å². The molecule has 0 spiro atoms. The third kappa shape index (κ3) is 1.28. The fraction of sp³-hybridized carbons (Fsp3) is 0.800. The van der Waals surface area contributed by atoms with E-state index in [-0.39, 0.29) is 3.61 Å². The zero-order valence-corrected chi connectivity index (χ0v) is 7.76. The van der Waals surface area contributed by atoms with Crippen molar-refractivity contribution in [3.8, 4) is 0 Å². The molecule has 1 aliphatic heterocycles. The van der Waals surface area contributed by atoms with E-state index in [0.717, 1.165) is 0 Å². The van der Waals surface area contributed by atoms with Crippen LogP contribution in [-0.4, -0.2) is 14.7 Å². The number of hydrogen-bond acceptors (Lipinski definition) is 3. The van der Waals surface area contributed by atoms with Gasteiger partial charge in [-0.25, -0.2) is 0 Å². The topological polar surface area (TPSA) is 35.5 Å². The minimum absolute atomic E-state index is 0.291. The number of alkyl halides is 2. The molecule has 1 fully saturated rings. The van der Waals surface area contributed by atoms with Crippen molar-refractivity contribution in [1.29, 1.82) is 0 Å². The van der Waals surface area contributed by atoms with E-state index >= 15 is 0 Å². The van der Waals surface area contributed by atoms with E-state index in [9.17, 15) is 4.79 Å². The van der Waals surface area contributed by atoms with Gasteiger partial charge in [-0.15, -0.1) is 0 Å². The van der Waals surface area contributed by atoms with Gasteiger partial charge in [-0.2, -0.15) is 0 Å². The Morgan fingerprint density at radius 1 is 1.56 bits per heavy atom. The molecule has 0 amide bonds. The van der Waals surface area contributed by atoms with Gasteiger partial charge in [-0.1, -0.05) is 0 Å². The summed E-state index contributed by atoms with van der Waals surface area (Å²) in [5, 5.41) is 0. The van der Waals surface area contributed by atoms with Gasteiger partial charge in [0, 0.05) is 0 Å². The Labute approximate surface area is 61.6 Å². The Balaban J connectivity index is 2.69. The van der Waals surface area contributed by atoms with Gasteiger partial charge in [0.25, 0.3) is 0 Å². The molecular formula is C5H9IO3. The fourth-order valence-corrected chi connectivity index (χ4v) is 2.11. The average Bonchev–Trinajstić information content (AvgIpc) is 1.79. The molecule has 0 aliphatic carbocycles. The number of rotatable bonds is 0. The van der Waals surface area contributed by atoms with Crippen molar-refractivity contribution in [2.24, 2.45) is 0 Å². The third-order valence-electron chi connectivity index (χ3n) is 1.15. The molecule has 1 rings (SSSR count). The summed E-state index contributed by atoms with van der Waals surface area (Å²) < 4.78 is 9.45. The predicted molar refractivity (Wildman–Crippen MR) is 41.6 cm³/mol. The van der Waals surface area contributed by atoms with Gasteiger partial charge >= 0.3 is 61.4 Å². The molecule has 0 atom stereocenters. The number of halogens is 1. The molecule has 0 aromatic rings. The Morgan fingerprint density at radius 2 is 2.11 bits per heavy atom. The second kappa shape index (κ2) is 2.00. The first-order chi connectivity index (χ1) is 4.02. The van der Waals surface area contributed by atoms with Crippen molar-refractivity contribution in [3.63, 3.8) is 0 Å². The first-order valence-corrected chi connectivity index (χ1v) is 6.65. The maximum absolute atomic E-state index is 10.5. The van der Waals surface area contributed by atoms with Crippen molar-refractivity contribution in [1.82, 2.24) is 0 Å². The molecule has 0 aromatic carbocycles. The van der Waals surface area contributed by atoms with Crippen molar-refractivity contribution < 1.29 is 12.6 Å². The molecule has 9 heavy (non-hydrogen) atoms. The molecule has 1 aliphatic rings. The first kappa shape index (κ1) is 7.11. The SMILES string of the molecule is CI1OC(=O)OC1(C)C. The number of hydrogen-bond donors (Lipinski definition) is 0. The predicted octanol–water partition coefficient (Wildman–Crippen LogP) is 1.94. The molecule has 0 bridgehead atoms. The standard InChI is InChI=1S/C5H9IO3/c1-5(2)6(3)9-4(7)8-5/h1-3H3. The van der Waals surface area contributed by atoms with E-state index in [1.54, 1.807) is 0 Å². The average molecular weight is 244 g/mol. The van der Waals surface area contributed by atoms with Crippen molar-refractivity contribution in [2.75, 3.05) is 4.93 Å². The summed E-state index contributed by atoms with van der Waals surface area (Å²) in [5.74, 6) is 0. The van der Waals surface area contributed by atoms with Crippen LogP contribution in [-0.2, 0) is 7.80 Å². The van der Waals surface area contributed by atoms with Crippen LogP contribution in [0.3, 0.4) is 0 Å². The Hall–Kier alpha value is 0. The summed E-state index contributed by atoms with van der Waals surface area (Å²) in [6.45, 7) is 3.78. The monoisotopic (exact) mass is 244 g/mol. The third-order valence-corrected chi connectivity index (χ3v) is 6.04. The van der Waals surface area contributed by atoms with Crippen LogP contribution in [0.5, 0.6) is 0 Å². The van der Waals surface area contributed by atoms with E-state index in [1.165, 1.54) is 0 Å². The van der Waals surface area contributed by atoms with Crippen LogP contribution in [0.25, 0.3) is 0 Å². The molecule has 0 radical (unpaired) electrons. The number of carbonyl (C=O) groups is 1. The quantitative estimate of drug-likeness (QED) is 0.371. The van der Waals surface area contributed by atoms with Crippen LogP contribution < -0.4 is 0 Å². The summed E-state index contributed by atoms with van der Waals surface area (Å²) in [5.41, 5.74) is 0. The molecule has 54 valence electrons. The molecule has 4 heteroatoms. The molecule has 1 saturated heterocycles. The van der Waals surface area contributed by atoms with E-state index in [2.05, 4.69) is 0 Å². The zero-order chi connectivity index (χ0) is 7.07. The van der Waals surface area contributed by atoms with Crippen molar-refractivity contribution in [2.45, 2.75) is 17.5 Å². The Kier molecular flexibility index (Phi) is 1.58. The Morgan fingerprint density at radius 3 is 2.22 bits per heavy atom. The number of carbonyl (C=O) groups excluding carboxylic acids is 1. The molecular weight excluding hydrogens is 235 g/mol. The summed E-state index contributed by atoms with van der Waals surface area (Å²) in [6, 6.07) is 0. The van der Waals surface area contributed by atoms with E-state index in [1.807, 2.05) is 18.8 Å². The van der Waals surface area contributed by atoms with Crippen LogP contribution in [0.4, 0.5) is 4.79 Å². The van der Waals surface area contributed by atoms with Crippen molar-refractivity contribution in [3.05, 3.63) is 0 Å². The van der Waals surface area contributed by atoms with Gasteiger partial charge < -0.3 is 0 Å². The van der Waals surface area contributed by atoms with Gasteiger partial charge in [0.1, 0.15) is 0 Å². The summed E-state index contributed by atoms with van der Waals surface area (Å²) in [6.07, 6.45) is -0.493. The van der Waals surface area contributed by atoms with Gasteiger partial charge in [-0.3, -0.25) is 0 Å². The van der Waals surface area contributed by atoms with Gasteiger partial charge in [0.15, 0.2) is 0 Å². The van der Waals surface area contributed by atoms with Crippen molar-refractivity contribution >= 4 is 26.4 Å². The number of ether oxygens (including phenoxy) is 1. The molecule has 0 saturated carbocycles. The first-order valence-electron chi connectivity index (χ1n) is 2.54. The van der Waals surface area contributed by atoms with Gasteiger partial charge in [0.2, 0.25) is 0 Å². The molecule has 0 unspecified atom stereocenters. The molecule has 3 nitrogen and oxygen atoms in total. The van der Waals surface area contributed by atoms with Crippen LogP contribution in [0, 0.1) is 0 Å². The van der Waals surface area contributed by atoms with Gasteiger partial charge in [-0.05, 0) is 0 Å². The summed E-state index contributed by atoms with van der Waals surface area (Å²) in [7, 11) is 0. The van der Waals surface area contributed by atoms with Crippen LogP contribution in [0.1, 0.15) is 13.8 Å². The van der Waals surface area contributed by atoms with E-state index in [4.69, 9.17) is 7.80 Å². The fourth-order valence-electron chi connectivity index (χ4n) is 0.456. The minimum atomic E-state index is -1.55. The van der Waals surface area contributed by atoms with Crippen LogP contribution >= 0.6 is 20.2 Å². The maximum atomic E-state index is 10.5. The normalized spacial score (nSPS) is 27.4. The van der Waals surface area contributed by atoms with Crippen LogP contribution in [0.15, 0.2) is 0 Å². The van der Waals surface area contributed by atoms with Gasteiger partial charge in [0.05, 0.1) is 0 Å². The number of cyclic esters (lactones) is 1. The van der Waals surface area contributed by atoms with E-state index < -0.39 is 26.4 Å². The molecule has 1 heterocycles. The zero-order valence-electron chi connectivity index (χ0n) is 5.60. The summed E-state index contributed by atoms with van der Waals surface area (Å²) in [4.78, 5) is 12.4. The second-order valence-corrected chi connectivity index (χ2v) is 7.65. The Bertz CT molecular complexity index is 143. The molecule has 0 aromatic heterocycles. The summed E-state index contributed by atoms with van der Waals surface area (Å²) >= 11 is -1.55. The second-order valence-electron chi connectivity index (χ2n) is 2.21. The van der Waals surface area contributed by atoms with Crippen LogP contribution in [0.2, 0.25) is 0 Å². The molecule has 0 N–H and O–H groups in total.